The smallest absolute Gasteiger partial charge is 0.318 e. The minimum atomic E-state index is -0.692. The Morgan fingerprint density at radius 1 is 1.33 bits per heavy atom. The third-order valence-electron chi connectivity index (χ3n) is 1.95. The average molecular weight is 224 g/mol. The van der Waals surface area contributed by atoms with Crippen LogP contribution in [0.25, 0.3) is 0 Å². The van der Waals surface area contributed by atoms with Crippen LogP contribution in [0.3, 0.4) is 0 Å². The maximum absolute atomic E-state index is 11.6. The minimum Gasteiger partial charge on any atom is -0.468 e. The molecule has 1 aromatic rings. The fourth-order valence-corrected chi connectivity index (χ4v) is 1.41. The Labute approximate surface area is 93.8 Å². The number of thiol groups is 1. The van der Waals surface area contributed by atoms with E-state index >= 15 is 0 Å². The molecule has 0 spiro atoms. The monoisotopic (exact) mass is 224 g/mol. The normalized spacial score (nSPS) is 11.9. The second-order valence-electron chi connectivity index (χ2n) is 3.03. The van der Waals surface area contributed by atoms with Gasteiger partial charge in [0.1, 0.15) is 5.25 Å². The molecule has 0 radical (unpaired) electrons. The van der Waals surface area contributed by atoms with Gasteiger partial charge in [0.05, 0.1) is 7.11 Å². The van der Waals surface area contributed by atoms with Gasteiger partial charge in [0.15, 0.2) is 5.78 Å². The van der Waals surface area contributed by atoms with E-state index in [0.29, 0.717) is 5.56 Å². The molecule has 1 aromatic carbocycles. The third kappa shape index (κ3) is 3.40. The van der Waals surface area contributed by atoms with Gasteiger partial charge in [-0.3, -0.25) is 9.59 Å². The molecule has 1 rings (SSSR count). The summed E-state index contributed by atoms with van der Waals surface area (Å²) in [5.74, 6) is -0.594. The quantitative estimate of drug-likeness (QED) is 0.481. The molecule has 80 valence electrons. The molecule has 15 heavy (non-hydrogen) atoms. The minimum absolute atomic E-state index is 0.0554. The van der Waals surface area contributed by atoms with Crippen LogP contribution >= 0.6 is 12.6 Å². The van der Waals surface area contributed by atoms with E-state index in [1.165, 1.54) is 7.11 Å². The van der Waals surface area contributed by atoms with Crippen molar-refractivity contribution in [1.29, 1.82) is 0 Å². The Balaban J connectivity index is 2.61. The second-order valence-corrected chi connectivity index (χ2v) is 3.66. The van der Waals surface area contributed by atoms with E-state index in [0.717, 1.165) is 0 Å². The first-order chi connectivity index (χ1) is 7.15. The van der Waals surface area contributed by atoms with Crippen LogP contribution in [-0.4, -0.2) is 24.1 Å². The van der Waals surface area contributed by atoms with Gasteiger partial charge < -0.3 is 4.74 Å². The van der Waals surface area contributed by atoms with E-state index in [1.54, 1.807) is 24.3 Å². The predicted molar refractivity (Wildman–Crippen MR) is 60.2 cm³/mol. The van der Waals surface area contributed by atoms with Gasteiger partial charge in [0.25, 0.3) is 0 Å². The zero-order chi connectivity index (χ0) is 11.3. The molecule has 4 heteroatoms. The van der Waals surface area contributed by atoms with Crippen LogP contribution in [0, 0.1) is 0 Å². The van der Waals surface area contributed by atoms with Gasteiger partial charge in [0, 0.05) is 12.0 Å². The average Bonchev–Trinajstić information content (AvgIpc) is 2.29. The zero-order valence-electron chi connectivity index (χ0n) is 8.34. The van der Waals surface area contributed by atoms with Gasteiger partial charge in [0.2, 0.25) is 0 Å². The maximum atomic E-state index is 11.6. The Kier molecular flexibility index (Phi) is 4.37. The van der Waals surface area contributed by atoms with E-state index in [2.05, 4.69) is 17.4 Å². The van der Waals surface area contributed by atoms with E-state index in [1.807, 2.05) is 6.07 Å². The van der Waals surface area contributed by atoms with E-state index in [4.69, 9.17) is 0 Å². The fraction of sp³-hybridized carbons (Fsp3) is 0.273. The van der Waals surface area contributed by atoms with Crippen molar-refractivity contribution in [1.82, 2.24) is 0 Å². The molecule has 0 heterocycles. The number of carbonyl (C=O) groups is 2. The summed E-state index contributed by atoms with van der Waals surface area (Å²) in [6.45, 7) is 0. The van der Waals surface area contributed by atoms with Crippen molar-refractivity contribution in [2.45, 2.75) is 11.7 Å². The van der Waals surface area contributed by atoms with Crippen molar-refractivity contribution < 1.29 is 14.3 Å². The fourth-order valence-electron chi connectivity index (χ4n) is 1.14. The molecule has 1 atom stereocenters. The summed E-state index contributed by atoms with van der Waals surface area (Å²) in [7, 11) is 1.28. The number of carbonyl (C=O) groups excluding carboxylic acids is 2. The van der Waals surface area contributed by atoms with E-state index in [-0.39, 0.29) is 12.2 Å². The van der Waals surface area contributed by atoms with Crippen molar-refractivity contribution >= 4 is 24.4 Å². The molecule has 0 aliphatic heterocycles. The van der Waals surface area contributed by atoms with Crippen molar-refractivity contribution in [3.8, 4) is 0 Å². The summed E-state index contributed by atoms with van der Waals surface area (Å²) in [4.78, 5) is 22.6. The Bertz CT molecular complexity index is 348. The second kappa shape index (κ2) is 5.56. The lowest BCUT2D eigenvalue weighted by atomic mass is 10.1. The lowest BCUT2D eigenvalue weighted by Crippen LogP contribution is -2.20. The van der Waals surface area contributed by atoms with Gasteiger partial charge in [-0.1, -0.05) is 30.3 Å². The molecule has 0 bridgehead atoms. The first-order valence-electron chi connectivity index (χ1n) is 4.49. The van der Waals surface area contributed by atoms with Gasteiger partial charge >= 0.3 is 5.97 Å². The molecule has 0 N–H and O–H groups in total. The standard InChI is InChI=1S/C11H12O3S/c1-14-11(13)10(15)7-9(12)8-5-3-2-4-6-8/h2-6,10,15H,7H2,1H3. The maximum Gasteiger partial charge on any atom is 0.318 e. The molecule has 0 amide bonds. The summed E-state index contributed by atoms with van der Waals surface area (Å²) < 4.78 is 4.48. The Hall–Kier alpha value is -1.29. The van der Waals surface area contributed by atoms with Crippen LogP contribution in [0.5, 0.6) is 0 Å². The van der Waals surface area contributed by atoms with Crippen LogP contribution in [0.15, 0.2) is 30.3 Å². The number of benzene rings is 1. The molecule has 3 nitrogen and oxygen atoms in total. The van der Waals surface area contributed by atoms with Crippen LogP contribution in [0.4, 0.5) is 0 Å². The number of ketones is 1. The number of ether oxygens (including phenoxy) is 1. The number of rotatable bonds is 4. The molecule has 0 saturated carbocycles. The van der Waals surface area contributed by atoms with Crippen LogP contribution in [0.1, 0.15) is 16.8 Å². The number of methoxy groups -OCH3 is 1. The summed E-state index contributed by atoms with van der Waals surface area (Å²) >= 11 is 4.00. The number of Topliss-reactive ketones (excluding diaryl/α,β-unsaturated/α-hetero) is 1. The van der Waals surface area contributed by atoms with Crippen molar-refractivity contribution in [2.75, 3.05) is 7.11 Å². The van der Waals surface area contributed by atoms with Gasteiger partial charge in [-0.2, -0.15) is 12.6 Å². The summed E-state index contributed by atoms with van der Waals surface area (Å²) in [5.41, 5.74) is 0.584. The number of hydrogen-bond acceptors (Lipinski definition) is 4. The summed E-state index contributed by atoms with van der Waals surface area (Å²) in [6, 6.07) is 8.80. The topological polar surface area (TPSA) is 43.4 Å². The van der Waals surface area contributed by atoms with E-state index < -0.39 is 11.2 Å². The molecule has 0 aliphatic carbocycles. The highest BCUT2D eigenvalue weighted by Crippen LogP contribution is 2.10. The summed E-state index contributed by atoms with van der Waals surface area (Å²) in [5, 5.41) is -0.692. The molecular weight excluding hydrogens is 212 g/mol. The molecule has 0 aliphatic rings. The Morgan fingerprint density at radius 2 is 1.93 bits per heavy atom. The predicted octanol–water partition coefficient (Wildman–Crippen LogP) is 1.73. The SMILES string of the molecule is COC(=O)C(S)CC(=O)c1ccccc1. The molecular formula is C11H12O3S. The lowest BCUT2D eigenvalue weighted by Gasteiger charge is -2.06. The molecule has 0 aromatic heterocycles. The van der Waals surface area contributed by atoms with Gasteiger partial charge in [-0.25, -0.2) is 0 Å². The zero-order valence-corrected chi connectivity index (χ0v) is 9.24. The molecule has 0 fully saturated rings. The first-order valence-corrected chi connectivity index (χ1v) is 5.01. The highest BCUT2D eigenvalue weighted by Gasteiger charge is 2.18. The summed E-state index contributed by atoms with van der Waals surface area (Å²) in [6.07, 6.45) is 0.0554. The van der Waals surface area contributed by atoms with Crippen LogP contribution in [-0.2, 0) is 9.53 Å². The van der Waals surface area contributed by atoms with E-state index in [9.17, 15) is 9.59 Å². The highest BCUT2D eigenvalue weighted by molar-refractivity contribution is 7.81. The number of esters is 1. The largest absolute Gasteiger partial charge is 0.468 e. The third-order valence-corrected chi connectivity index (χ3v) is 2.34. The molecule has 1 unspecified atom stereocenters. The van der Waals surface area contributed by atoms with Crippen LogP contribution < -0.4 is 0 Å². The van der Waals surface area contributed by atoms with Crippen molar-refractivity contribution in [3.63, 3.8) is 0 Å². The van der Waals surface area contributed by atoms with Crippen molar-refractivity contribution in [3.05, 3.63) is 35.9 Å². The first kappa shape index (κ1) is 11.8. The van der Waals surface area contributed by atoms with Gasteiger partial charge in [-0.05, 0) is 0 Å². The van der Waals surface area contributed by atoms with Crippen molar-refractivity contribution in [2.24, 2.45) is 0 Å². The Morgan fingerprint density at radius 3 is 2.47 bits per heavy atom. The number of hydrogen-bond donors (Lipinski definition) is 1. The van der Waals surface area contributed by atoms with Gasteiger partial charge in [-0.15, -0.1) is 0 Å². The molecule has 0 saturated heterocycles. The van der Waals surface area contributed by atoms with Crippen LogP contribution in [0.2, 0.25) is 0 Å². The highest BCUT2D eigenvalue weighted by atomic mass is 32.1. The lowest BCUT2D eigenvalue weighted by molar-refractivity contribution is -0.139.